The first-order valence-electron chi connectivity index (χ1n) is 5.94. The van der Waals surface area contributed by atoms with Crippen LogP contribution < -0.4 is 4.74 Å². The summed E-state index contributed by atoms with van der Waals surface area (Å²) >= 11 is 0. The van der Waals surface area contributed by atoms with Gasteiger partial charge in [-0.1, -0.05) is 0 Å². The molecule has 0 saturated heterocycles. The first-order valence-corrected chi connectivity index (χ1v) is 5.94. The highest BCUT2D eigenvalue weighted by molar-refractivity contribution is 5.81. The van der Waals surface area contributed by atoms with E-state index >= 15 is 0 Å². The van der Waals surface area contributed by atoms with Crippen LogP contribution in [-0.4, -0.2) is 11.7 Å². The first-order chi connectivity index (χ1) is 8.76. The zero-order valence-electron chi connectivity index (χ0n) is 10.5. The second-order valence-corrected chi connectivity index (χ2v) is 4.38. The fourth-order valence-corrected chi connectivity index (χ4v) is 2.18. The van der Waals surface area contributed by atoms with Crippen molar-refractivity contribution in [2.75, 3.05) is 7.11 Å². The van der Waals surface area contributed by atoms with Crippen molar-refractivity contribution in [1.29, 1.82) is 0 Å². The average molecular weight is 241 g/mol. The Balaban J connectivity index is 1.97. The highest BCUT2D eigenvalue weighted by Crippen LogP contribution is 2.22. The third-order valence-electron chi connectivity index (χ3n) is 3.10. The summed E-state index contributed by atoms with van der Waals surface area (Å²) in [6.45, 7) is 2.71. The lowest BCUT2D eigenvalue weighted by molar-refractivity contribution is 0.415. The van der Waals surface area contributed by atoms with Crippen molar-refractivity contribution >= 4 is 10.9 Å². The number of hydrogen-bond donors (Lipinski definition) is 0. The summed E-state index contributed by atoms with van der Waals surface area (Å²) in [5.41, 5.74) is 1.19. The second kappa shape index (κ2) is 4.26. The molecule has 0 saturated carbocycles. The van der Waals surface area contributed by atoms with Gasteiger partial charge in [-0.05, 0) is 43.3 Å². The lowest BCUT2D eigenvalue weighted by Crippen LogP contribution is -1.96. The molecule has 0 aliphatic carbocycles. The van der Waals surface area contributed by atoms with E-state index in [1.54, 1.807) is 7.11 Å². The van der Waals surface area contributed by atoms with E-state index in [0.29, 0.717) is 0 Å². The van der Waals surface area contributed by atoms with Crippen molar-refractivity contribution in [2.24, 2.45) is 0 Å². The van der Waals surface area contributed by atoms with E-state index in [1.165, 1.54) is 10.9 Å². The maximum Gasteiger partial charge on any atom is 0.123 e. The molecule has 0 radical (unpaired) electrons. The fourth-order valence-electron chi connectivity index (χ4n) is 2.18. The second-order valence-electron chi connectivity index (χ2n) is 4.38. The zero-order valence-corrected chi connectivity index (χ0v) is 10.5. The third-order valence-corrected chi connectivity index (χ3v) is 3.10. The Kier molecular flexibility index (Phi) is 2.59. The zero-order chi connectivity index (χ0) is 12.5. The first kappa shape index (κ1) is 11.0. The van der Waals surface area contributed by atoms with Gasteiger partial charge in [-0.3, -0.25) is 0 Å². The SMILES string of the molecule is COc1ccc2c(ccn2Cc2ccc(C)o2)c1. The number of benzene rings is 1. The largest absolute Gasteiger partial charge is 0.497 e. The summed E-state index contributed by atoms with van der Waals surface area (Å²) in [6.07, 6.45) is 2.07. The van der Waals surface area contributed by atoms with Crippen molar-refractivity contribution < 1.29 is 9.15 Å². The maximum atomic E-state index is 5.61. The summed E-state index contributed by atoms with van der Waals surface area (Å²) in [5.74, 6) is 2.80. The van der Waals surface area contributed by atoms with E-state index in [0.717, 1.165) is 23.8 Å². The van der Waals surface area contributed by atoms with E-state index in [-0.39, 0.29) is 0 Å². The van der Waals surface area contributed by atoms with Crippen LogP contribution in [0.3, 0.4) is 0 Å². The average Bonchev–Trinajstić information content (AvgIpc) is 2.96. The van der Waals surface area contributed by atoms with Crippen LogP contribution in [0.25, 0.3) is 10.9 Å². The van der Waals surface area contributed by atoms with Crippen LogP contribution in [-0.2, 0) is 6.54 Å². The Hall–Kier alpha value is -2.16. The van der Waals surface area contributed by atoms with E-state index in [4.69, 9.17) is 9.15 Å². The molecule has 0 spiro atoms. The summed E-state index contributed by atoms with van der Waals surface area (Å²) in [4.78, 5) is 0. The molecule has 0 aliphatic heterocycles. The van der Waals surface area contributed by atoms with Gasteiger partial charge in [0.05, 0.1) is 13.7 Å². The molecular formula is C15H15NO2. The number of nitrogens with zero attached hydrogens (tertiary/aromatic N) is 1. The minimum atomic E-state index is 0.754. The highest BCUT2D eigenvalue weighted by Gasteiger charge is 2.05. The summed E-state index contributed by atoms with van der Waals surface area (Å²) in [7, 11) is 1.68. The summed E-state index contributed by atoms with van der Waals surface area (Å²) in [6, 6.07) is 12.2. The van der Waals surface area contributed by atoms with Gasteiger partial charge in [-0.15, -0.1) is 0 Å². The van der Waals surface area contributed by atoms with Gasteiger partial charge in [0, 0.05) is 17.1 Å². The number of fused-ring (bicyclic) bond motifs is 1. The van der Waals surface area contributed by atoms with Crippen LogP contribution in [0.15, 0.2) is 47.0 Å². The third kappa shape index (κ3) is 1.88. The van der Waals surface area contributed by atoms with E-state index in [1.807, 2.05) is 31.2 Å². The molecule has 0 atom stereocenters. The number of aromatic nitrogens is 1. The standard InChI is InChI=1S/C15H15NO2/c1-11-3-4-14(18-11)10-16-8-7-12-9-13(17-2)5-6-15(12)16/h3-9H,10H2,1-2H3. The Morgan fingerprint density at radius 2 is 2.06 bits per heavy atom. The number of aryl methyl sites for hydroxylation is 1. The number of methoxy groups -OCH3 is 1. The maximum absolute atomic E-state index is 5.61. The van der Waals surface area contributed by atoms with Crippen LogP contribution in [0, 0.1) is 6.92 Å². The van der Waals surface area contributed by atoms with Crippen LogP contribution in [0.4, 0.5) is 0 Å². The van der Waals surface area contributed by atoms with Gasteiger partial charge in [-0.2, -0.15) is 0 Å². The van der Waals surface area contributed by atoms with Gasteiger partial charge in [-0.25, -0.2) is 0 Å². The number of ether oxygens (including phenoxy) is 1. The highest BCUT2D eigenvalue weighted by atomic mass is 16.5. The molecule has 18 heavy (non-hydrogen) atoms. The predicted molar refractivity (Wildman–Crippen MR) is 71.0 cm³/mol. The van der Waals surface area contributed by atoms with Crippen molar-refractivity contribution in [1.82, 2.24) is 4.57 Å². The van der Waals surface area contributed by atoms with Gasteiger partial charge in [0.15, 0.2) is 0 Å². The monoisotopic (exact) mass is 241 g/mol. The number of hydrogen-bond acceptors (Lipinski definition) is 2. The van der Waals surface area contributed by atoms with Gasteiger partial charge in [0.2, 0.25) is 0 Å². The molecule has 2 aromatic heterocycles. The van der Waals surface area contributed by atoms with Crippen LogP contribution in [0.1, 0.15) is 11.5 Å². The van der Waals surface area contributed by atoms with Crippen molar-refractivity contribution in [3.63, 3.8) is 0 Å². The number of furan rings is 1. The minimum Gasteiger partial charge on any atom is -0.497 e. The van der Waals surface area contributed by atoms with Gasteiger partial charge < -0.3 is 13.7 Å². The minimum absolute atomic E-state index is 0.754. The Bertz CT molecular complexity index is 679. The molecule has 2 heterocycles. The normalized spacial score (nSPS) is 11.0. The molecule has 0 aliphatic rings. The molecule has 0 bridgehead atoms. The lowest BCUT2D eigenvalue weighted by atomic mass is 10.2. The summed E-state index contributed by atoms with van der Waals surface area (Å²) < 4.78 is 13.0. The molecular weight excluding hydrogens is 226 g/mol. The Morgan fingerprint density at radius 1 is 1.17 bits per heavy atom. The van der Waals surface area contributed by atoms with Gasteiger partial charge >= 0.3 is 0 Å². The van der Waals surface area contributed by atoms with E-state index < -0.39 is 0 Å². The Morgan fingerprint density at radius 3 is 2.78 bits per heavy atom. The van der Waals surface area contributed by atoms with Crippen molar-refractivity contribution in [2.45, 2.75) is 13.5 Å². The topological polar surface area (TPSA) is 27.3 Å². The molecule has 3 heteroatoms. The van der Waals surface area contributed by atoms with Gasteiger partial charge in [0.1, 0.15) is 17.3 Å². The fraction of sp³-hybridized carbons (Fsp3) is 0.200. The quantitative estimate of drug-likeness (QED) is 0.700. The molecule has 0 N–H and O–H groups in total. The van der Waals surface area contributed by atoms with Gasteiger partial charge in [0.25, 0.3) is 0 Å². The molecule has 1 aromatic carbocycles. The van der Waals surface area contributed by atoms with Crippen LogP contribution >= 0.6 is 0 Å². The molecule has 0 amide bonds. The van der Waals surface area contributed by atoms with Crippen LogP contribution in [0.2, 0.25) is 0 Å². The smallest absolute Gasteiger partial charge is 0.123 e. The molecule has 0 unspecified atom stereocenters. The lowest BCUT2D eigenvalue weighted by Gasteiger charge is -2.04. The molecule has 3 nitrogen and oxygen atoms in total. The predicted octanol–water partition coefficient (Wildman–Crippen LogP) is 3.60. The van der Waals surface area contributed by atoms with Crippen molar-refractivity contribution in [3.8, 4) is 5.75 Å². The van der Waals surface area contributed by atoms with E-state index in [2.05, 4.69) is 22.9 Å². The summed E-state index contributed by atoms with van der Waals surface area (Å²) in [5, 5.41) is 1.18. The molecule has 3 rings (SSSR count). The molecule has 3 aromatic rings. The van der Waals surface area contributed by atoms with Crippen molar-refractivity contribution in [3.05, 3.63) is 54.1 Å². The van der Waals surface area contributed by atoms with Crippen LogP contribution in [0.5, 0.6) is 5.75 Å². The number of rotatable bonds is 3. The molecule has 0 fully saturated rings. The van der Waals surface area contributed by atoms with E-state index in [9.17, 15) is 0 Å². The molecule has 92 valence electrons. The Labute approximate surface area is 106 Å².